The normalized spacial score (nSPS) is 18.0. The number of pyridine rings is 1. The van der Waals surface area contributed by atoms with Gasteiger partial charge in [0.05, 0.1) is 11.2 Å². The van der Waals surface area contributed by atoms with Crippen LogP contribution in [0.4, 0.5) is 5.69 Å². The van der Waals surface area contributed by atoms with Gasteiger partial charge < -0.3 is 15.8 Å². The van der Waals surface area contributed by atoms with Crippen LogP contribution in [-0.2, 0) is 11.3 Å². The van der Waals surface area contributed by atoms with Crippen molar-refractivity contribution in [3.63, 3.8) is 0 Å². The molecule has 0 saturated carbocycles. The maximum Gasteiger partial charge on any atom is 0.0726 e. The number of fused-ring (bicyclic) bond motifs is 1. The fourth-order valence-corrected chi connectivity index (χ4v) is 2.88. The second-order valence-electron chi connectivity index (χ2n) is 6.25. The van der Waals surface area contributed by atoms with Gasteiger partial charge >= 0.3 is 0 Å². The van der Waals surface area contributed by atoms with Crippen LogP contribution in [0.15, 0.2) is 30.3 Å². The van der Waals surface area contributed by atoms with E-state index in [-0.39, 0.29) is 0 Å². The van der Waals surface area contributed by atoms with Crippen molar-refractivity contribution in [2.24, 2.45) is 5.41 Å². The fraction of sp³-hybridized carbons (Fsp3) is 0.471. The molecule has 0 spiro atoms. The molecule has 0 amide bonds. The lowest BCUT2D eigenvalue weighted by Crippen LogP contribution is -2.36. The second-order valence-corrected chi connectivity index (χ2v) is 6.25. The van der Waals surface area contributed by atoms with Crippen molar-refractivity contribution in [2.75, 3.05) is 25.5 Å². The number of nitrogens with two attached hydrogens (primary N) is 1. The molecule has 4 nitrogen and oxygen atoms in total. The van der Waals surface area contributed by atoms with E-state index in [1.54, 1.807) is 0 Å². The van der Waals surface area contributed by atoms with Gasteiger partial charge in [-0.15, -0.1) is 0 Å². The largest absolute Gasteiger partial charge is 0.398 e. The van der Waals surface area contributed by atoms with Crippen molar-refractivity contribution in [3.8, 4) is 0 Å². The maximum atomic E-state index is 6.11. The number of anilines is 1. The zero-order valence-electron chi connectivity index (χ0n) is 12.6. The number of benzene rings is 1. The number of nitrogen functional groups attached to an aromatic ring is 1. The molecule has 112 valence electrons. The first-order valence-electron chi connectivity index (χ1n) is 7.59. The Morgan fingerprint density at radius 3 is 2.86 bits per heavy atom. The van der Waals surface area contributed by atoms with E-state index in [2.05, 4.69) is 17.2 Å². The predicted molar refractivity (Wildman–Crippen MR) is 86.0 cm³/mol. The summed E-state index contributed by atoms with van der Waals surface area (Å²) in [4.78, 5) is 4.67. The van der Waals surface area contributed by atoms with Gasteiger partial charge in [-0.25, -0.2) is 0 Å². The lowest BCUT2D eigenvalue weighted by molar-refractivity contribution is 0.0240. The number of hydrogen-bond donors (Lipinski definition) is 2. The Morgan fingerprint density at radius 2 is 2.05 bits per heavy atom. The number of hydrogen-bond acceptors (Lipinski definition) is 4. The number of para-hydroxylation sites is 1. The van der Waals surface area contributed by atoms with Crippen molar-refractivity contribution in [1.29, 1.82) is 0 Å². The average molecular weight is 285 g/mol. The second kappa shape index (κ2) is 6.00. The summed E-state index contributed by atoms with van der Waals surface area (Å²) in [6.07, 6.45) is 2.24. The Morgan fingerprint density at radius 1 is 1.29 bits per heavy atom. The van der Waals surface area contributed by atoms with Crippen molar-refractivity contribution in [1.82, 2.24) is 10.3 Å². The van der Waals surface area contributed by atoms with Gasteiger partial charge in [-0.2, -0.15) is 0 Å². The summed E-state index contributed by atoms with van der Waals surface area (Å²) in [6.45, 7) is 5.82. The molecule has 2 heterocycles. The third kappa shape index (κ3) is 3.34. The van der Waals surface area contributed by atoms with Crippen molar-refractivity contribution in [3.05, 3.63) is 36.0 Å². The molecule has 0 aliphatic carbocycles. The van der Waals surface area contributed by atoms with E-state index >= 15 is 0 Å². The van der Waals surface area contributed by atoms with Crippen LogP contribution in [0, 0.1) is 5.41 Å². The fourth-order valence-electron chi connectivity index (χ4n) is 2.88. The Labute approximate surface area is 125 Å². The zero-order valence-corrected chi connectivity index (χ0v) is 12.6. The molecule has 1 aliphatic rings. The summed E-state index contributed by atoms with van der Waals surface area (Å²) < 4.78 is 5.44. The molecular weight excluding hydrogens is 262 g/mol. The van der Waals surface area contributed by atoms with Gasteiger partial charge in [0.2, 0.25) is 0 Å². The number of aromatic nitrogens is 1. The molecule has 1 aromatic carbocycles. The summed E-state index contributed by atoms with van der Waals surface area (Å²) in [5, 5.41) is 4.56. The topological polar surface area (TPSA) is 60.2 Å². The van der Waals surface area contributed by atoms with E-state index in [0.717, 1.165) is 61.4 Å². The molecular formula is C17H23N3O. The Kier molecular flexibility index (Phi) is 4.08. The lowest BCUT2D eigenvalue weighted by atomic mass is 9.82. The third-order valence-corrected chi connectivity index (χ3v) is 4.36. The summed E-state index contributed by atoms with van der Waals surface area (Å²) in [6, 6.07) is 9.98. The third-order valence-electron chi connectivity index (χ3n) is 4.36. The molecule has 1 saturated heterocycles. The van der Waals surface area contributed by atoms with E-state index in [1.807, 2.05) is 30.3 Å². The van der Waals surface area contributed by atoms with Gasteiger partial charge in [-0.1, -0.05) is 25.1 Å². The van der Waals surface area contributed by atoms with Crippen LogP contribution in [0.5, 0.6) is 0 Å². The van der Waals surface area contributed by atoms with E-state index < -0.39 is 0 Å². The van der Waals surface area contributed by atoms with Crippen molar-refractivity contribution in [2.45, 2.75) is 26.3 Å². The van der Waals surface area contributed by atoms with Gasteiger partial charge in [0.1, 0.15) is 0 Å². The maximum absolute atomic E-state index is 6.11. The Balaban J connectivity index is 1.65. The van der Waals surface area contributed by atoms with Crippen LogP contribution in [0.2, 0.25) is 0 Å². The first-order chi connectivity index (χ1) is 10.2. The molecule has 0 atom stereocenters. The predicted octanol–water partition coefficient (Wildman–Crippen LogP) is 2.72. The first kappa shape index (κ1) is 14.3. The minimum Gasteiger partial charge on any atom is -0.398 e. The van der Waals surface area contributed by atoms with Crippen LogP contribution in [0.3, 0.4) is 0 Å². The van der Waals surface area contributed by atoms with Gasteiger partial charge in [0, 0.05) is 37.4 Å². The van der Waals surface area contributed by atoms with Crippen LogP contribution in [-0.4, -0.2) is 24.7 Å². The van der Waals surface area contributed by atoms with Crippen LogP contribution in [0.25, 0.3) is 10.9 Å². The van der Waals surface area contributed by atoms with E-state index in [9.17, 15) is 0 Å². The molecule has 3 N–H and O–H groups in total. The van der Waals surface area contributed by atoms with Gasteiger partial charge in [-0.05, 0) is 30.4 Å². The lowest BCUT2D eigenvalue weighted by Gasteiger charge is -2.33. The Hall–Kier alpha value is -1.65. The summed E-state index contributed by atoms with van der Waals surface area (Å²) in [5.41, 5.74) is 9.21. The molecule has 2 aromatic rings. The average Bonchev–Trinajstić information content (AvgIpc) is 2.48. The van der Waals surface area contributed by atoms with Crippen LogP contribution in [0.1, 0.15) is 25.5 Å². The molecule has 1 fully saturated rings. The highest BCUT2D eigenvalue weighted by atomic mass is 16.5. The number of rotatable bonds is 4. The quantitative estimate of drug-likeness (QED) is 0.907. The van der Waals surface area contributed by atoms with Gasteiger partial charge in [-0.3, -0.25) is 4.98 Å². The number of nitrogens with zero attached hydrogens (tertiary/aromatic N) is 1. The highest BCUT2D eigenvalue weighted by molar-refractivity contribution is 5.90. The highest BCUT2D eigenvalue weighted by Crippen LogP contribution is 2.28. The van der Waals surface area contributed by atoms with Crippen LogP contribution >= 0.6 is 0 Å². The van der Waals surface area contributed by atoms with Crippen molar-refractivity contribution >= 4 is 16.6 Å². The number of nitrogens with one attached hydrogen (secondary N) is 1. The molecule has 3 rings (SSSR count). The SMILES string of the molecule is CC1(CNCc2cc(N)c3ccccc3n2)CCOCC1. The van der Waals surface area contributed by atoms with Gasteiger partial charge in [0.25, 0.3) is 0 Å². The van der Waals surface area contributed by atoms with Gasteiger partial charge in [0.15, 0.2) is 0 Å². The monoisotopic (exact) mass is 285 g/mol. The summed E-state index contributed by atoms with van der Waals surface area (Å²) >= 11 is 0. The smallest absolute Gasteiger partial charge is 0.0726 e. The van der Waals surface area contributed by atoms with Crippen LogP contribution < -0.4 is 11.1 Å². The molecule has 21 heavy (non-hydrogen) atoms. The van der Waals surface area contributed by atoms with Crippen molar-refractivity contribution < 1.29 is 4.74 Å². The minimum absolute atomic E-state index is 0.334. The molecule has 0 radical (unpaired) electrons. The molecule has 0 bridgehead atoms. The standard InChI is InChI=1S/C17H23N3O/c1-17(6-8-21-9-7-17)12-19-11-13-10-15(18)14-4-2-3-5-16(14)20-13/h2-5,10,19H,6-9,11-12H2,1H3,(H2,18,20). The highest BCUT2D eigenvalue weighted by Gasteiger charge is 2.26. The molecule has 1 aromatic heterocycles. The summed E-state index contributed by atoms with van der Waals surface area (Å²) in [5.74, 6) is 0. The Bertz CT molecular complexity index is 620. The minimum atomic E-state index is 0.334. The van der Waals surface area contributed by atoms with E-state index in [4.69, 9.17) is 10.5 Å². The van der Waals surface area contributed by atoms with E-state index in [1.165, 1.54) is 0 Å². The first-order valence-corrected chi connectivity index (χ1v) is 7.59. The van der Waals surface area contributed by atoms with E-state index in [0.29, 0.717) is 5.41 Å². The summed E-state index contributed by atoms with van der Waals surface area (Å²) in [7, 11) is 0. The molecule has 1 aliphatic heterocycles. The molecule has 4 heteroatoms. The zero-order chi connectivity index (χ0) is 14.7. The number of ether oxygens (including phenoxy) is 1. The molecule has 0 unspecified atom stereocenters.